The summed E-state index contributed by atoms with van der Waals surface area (Å²) < 4.78 is 10.7. The van der Waals surface area contributed by atoms with E-state index in [2.05, 4.69) is 62.5 Å². The fourth-order valence-electron chi connectivity index (χ4n) is 9.14. The fourth-order valence-corrected chi connectivity index (χ4v) is 9.14. The number of allylic oxidation sites excluding steroid dienone is 8. The Morgan fingerprint density at radius 2 is 0.632 bits per heavy atom. The van der Waals surface area contributed by atoms with Crippen LogP contribution >= 0.6 is 0 Å². The highest BCUT2D eigenvalue weighted by Gasteiger charge is 2.16. The Hall–Kier alpha value is -2.14. The highest BCUT2D eigenvalue weighted by Crippen LogP contribution is 2.18. The van der Waals surface area contributed by atoms with E-state index < -0.39 is 6.10 Å². The lowest BCUT2D eigenvalue weighted by Gasteiger charge is -2.15. The third kappa shape index (κ3) is 56.4. The van der Waals surface area contributed by atoms with Crippen molar-refractivity contribution in [2.24, 2.45) is 0 Å². The molecule has 1 atom stereocenters. The summed E-state index contributed by atoms with van der Waals surface area (Å²) in [6.07, 6.45) is 78.3. The molecule has 0 aromatic heterocycles. The number of aliphatic hydroxyl groups excluding tert-OH is 1. The van der Waals surface area contributed by atoms with Gasteiger partial charge in [-0.3, -0.25) is 9.59 Å². The minimum atomic E-state index is -0.777. The molecule has 1 N–H and O–H groups in total. The van der Waals surface area contributed by atoms with Crippen molar-refractivity contribution in [3.05, 3.63) is 48.6 Å². The van der Waals surface area contributed by atoms with Crippen molar-refractivity contribution in [1.82, 2.24) is 0 Å². The van der Waals surface area contributed by atoms with Gasteiger partial charge in [-0.2, -0.15) is 0 Å². The summed E-state index contributed by atoms with van der Waals surface area (Å²) in [5, 5.41) is 9.66. The molecule has 0 amide bonds. The predicted molar refractivity (Wildman–Crippen MR) is 297 cm³/mol. The van der Waals surface area contributed by atoms with E-state index in [-0.39, 0.29) is 25.2 Å². The van der Waals surface area contributed by atoms with Crippen molar-refractivity contribution in [3.8, 4) is 0 Å². The molecule has 1 unspecified atom stereocenters. The number of hydrogen-bond acceptors (Lipinski definition) is 5. The molecule has 398 valence electrons. The Labute approximate surface area is 424 Å². The molecule has 0 aromatic carbocycles. The quantitative estimate of drug-likeness (QED) is 0.0374. The minimum Gasteiger partial charge on any atom is -0.462 e. The second kappa shape index (κ2) is 59.2. The summed E-state index contributed by atoms with van der Waals surface area (Å²) in [6.45, 7) is 4.07. The van der Waals surface area contributed by atoms with E-state index in [1.807, 2.05) is 0 Å². The van der Waals surface area contributed by atoms with Crippen LogP contribution in [0, 0.1) is 0 Å². The van der Waals surface area contributed by atoms with Gasteiger partial charge < -0.3 is 14.6 Å². The Kier molecular flexibility index (Phi) is 57.3. The SMILES string of the molecule is CC/C=C\C/C=C\C/C=C\C/C=C\CCCCCCCCCCC(=O)OC(CO)COC(=O)CCCCCCCCCCCCCCCCCCCCCCCCCCCCCCCCCCC. The maximum Gasteiger partial charge on any atom is 0.306 e. The molecule has 0 heterocycles. The molecule has 5 heteroatoms. The first kappa shape index (κ1) is 65.9. The molecule has 0 rings (SSSR count). The summed E-state index contributed by atoms with van der Waals surface area (Å²) in [5.74, 6) is -0.586. The smallest absolute Gasteiger partial charge is 0.306 e. The summed E-state index contributed by atoms with van der Waals surface area (Å²) in [4.78, 5) is 24.5. The van der Waals surface area contributed by atoms with Crippen LogP contribution in [0.2, 0.25) is 0 Å². The largest absolute Gasteiger partial charge is 0.462 e. The number of unbranched alkanes of at least 4 members (excludes halogenated alkanes) is 40. The van der Waals surface area contributed by atoms with E-state index in [9.17, 15) is 14.7 Å². The number of hydrogen-bond donors (Lipinski definition) is 1. The normalized spacial score (nSPS) is 12.5. The topological polar surface area (TPSA) is 72.8 Å². The number of esters is 2. The molecule has 0 aromatic rings. The number of aliphatic hydroxyl groups is 1. The molecule has 0 aliphatic carbocycles. The van der Waals surface area contributed by atoms with Crippen molar-refractivity contribution in [3.63, 3.8) is 0 Å². The Morgan fingerprint density at radius 3 is 0.956 bits per heavy atom. The van der Waals surface area contributed by atoms with Gasteiger partial charge in [-0.05, 0) is 51.4 Å². The van der Waals surface area contributed by atoms with Gasteiger partial charge in [-0.15, -0.1) is 0 Å². The second-order valence-electron chi connectivity index (χ2n) is 20.4. The maximum absolute atomic E-state index is 12.3. The molecule has 0 spiro atoms. The Balaban J connectivity index is 3.41. The van der Waals surface area contributed by atoms with E-state index in [4.69, 9.17) is 9.47 Å². The molecular weight excluding hydrogens is 837 g/mol. The number of rotatable bonds is 56. The zero-order chi connectivity index (χ0) is 49.2. The highest BCUT2D eigenvalue weighted by molar-refractivity contribution is 5.70. The van der Waals surface area contributed by atoms with Crippen LogP contribution in [-0.4, -0.2) is 36.4 Å². The van der Waals surface area contributed by atoms with Crippen molar-refractivity contribution < 1.29 is 24.2 Å². The van der Waals surface area contributed by atoms with Crippen LogP contribution in [0.15, 0.2) is 48.6 Å². The molecule has 0 fully saturated rings. The lowest BCUT2D eigenvalue weighted by atomic mass is 10.0. The van der Waals surface area contributed by atoms with Crippen LogP contribution in [0.25, 0.3) is 0 Å². The average Bonchev–Trinajstić information content (AvgIpc) is 3.34. The molecule has 0 bridgehead atoms. The summed E-state index contributed by atoms with van der Waals surface area (Å²) in [7, 11) is 0. The van der Waals surface area contributed by atoms with Crippen molar-refractivity contribution >= 4 is 11.9 Å². The maximum atomic E-state index is 12.3. The third-order valence-electron chi connectivity index (χ3n) is 13.6. The predicted octanol–water partition coefficient (Wildman–Crippen LogP) is 20.4. The fraction of sp³-hybridized carbons (Fsp3) is 0.841. The van der Waals surface area contributed by atoms with Gasteiger partial charge in [-0.25, -0.2) is 0 Å². The summed E-state index contributed by atoms with van der Waals surface area (Å²) in [6, 6.07) is 0. The van der Waals surface area contributed by atoms with Crippen LogP contribution in [-0.2, 0) is 19.1 Å². The minimum absolute atomic E-state index is 0.0665. The summed E-state index contributed by atoms with van der Waals surface area (Å²) >= 11 is 0. The first-order valence-electron chi connectivity index (χ1n) is 30.2. The standard InChI is InChI=1S/C63H116O5/c1-3-5-7-9-11-13-15-17-19-21-23-25-26-27-28-29-30-31-32-33-34-35-36-38-39-41-43-45-47-49-51-53-55-57-62(65)67-60-61(59-64)68-63(66)58-56-54-52-50-48-46-44-42-40-37-24-22-20-18-16-14-12-10-8-6-4-2/h6,8,12,14,18,20,24,37,61,64H,3-5,7,9-11,13,15-17,19,21-23,25-36,38-60H2,1-2H3/b8-6-,14-12-,20-18-,37-24-. The van der Waals surface area contributed by atoms with Crippen LogP contribution in [0.3, 0.4) is 0 Å². The molecule has 0 aliphatic rings. The molecule has 68 heavy (non-hydrogen) atoms. The highest BCUT2D eigenvalue weighted by atomic mass is 16.6. The van der Waals surface area contributed by atoms with Crippen LogP contribution in [0.5, 0.6) is 0 Å². The van der Waals surface area contributed by atoms with E-state index >= 15 is 0 Å². The van der Waals surface area contributed by atoms with E-state index in [0.717, 1.165) is 70.6 Å². The van der Waals surface area contributed by atoms with Gasteiger partial charge in [0.25, 0.3) is 0 Å². The number of ether oxygens (including phenoxy) is 2. The molecule has 5 nitrogen and oxygen atoms in total. The second-order valence-corrected chi connectivity index (χ2v) is 20.4. The molecule has 0 aliphatic heterocycles. The van der Waals surface area contributed by atoms with Gasteiger partial charge in [-0.1, -0.05) is 306 Å². The average molecular weight is 954 g/mol. The number of carbonyl (C=O) groups excluding carboxylic acids is 2. The van der Waals surface area contributed by atoms with Crippen molar-refractivity contribution in [2.75, 3.05) is 13.2 Å². The first-order valence-corrected chi connectivity index (χ1v) is 30.2. The zero-order valence-electron chi connectivity index (χ0n) is 45.6. The molecule has 0 saturated heterocycles. The van der Waals surface area contributed by atoms with Crippen molar-refractivity contribution in [1.29, 1.82) is 0 Å². The van der Waals surface area contributed by atoms with Gasteiger partial charge in [0.1, 0.15) is 6.61 Å². The molecule has 0 radical (unpaired) electrons. The lowest BCUT2D eigenvalue weighted by molar-refractivity contribution is -0.161. The number of carbonyl (C=O) groups is 2. The van der Waals surface area contributed by atoms with Gasteiger partial charge in [0.05, 0.1) is 6.61 Å². The zero-order valence-corrected chi connectivity index (χ0v) is 45.6. The van der Waals surface area contributed by atoms with Gasteiger partial charge in [0, 0.05) is 12.8 Å². The van der Waals surface area contributed by atoms with E-state index in [1.165, 1.54) is 225 Å². The Bertz CT molecular complexity index is 1120. The van der Waals surface area contributed by atoms with Gasteiger partial charge in [0.15, 0.2) is 6.10 Å². The first-order chi connectivity index (χ1) is 33.6. The Morgan fingerprint density at radius 1 is 0.353 bits per heavy atom. The third-order valence-corrected chi connectivity index (χ3v) is 13.6. The molecule has 0 saturated carbocycles. The lowest BCUT2D eigenvalue weighted by Crippen LogP contribution is -2.28. The van der Waals surface area contributed by atoms with Gasteiger partial charge >= 0.3 is 11.9 Å². The van der Waals surface area contributed by atoms with Crippen LogP contribution in [0.4, 0.5) is 0 Å². The van der Waals surface area contributed by atoms with E-state index in [1.54, 1.807) is 0 Å². The van der Waals surface area contributed by atoms with Gasteiger partial charge in [0.2, 0.25) is 0 Å². The monoisotopic (exact) mass is 953 g/mol. The summed E-state index contributed by atoms with van der Waals surface area (Å²) in [5.41, 5.74) is 0. The van der Waals surface area contributed by atoms with E-state index in [0.29, 0.717) is 12.8 Å². The van der Waals surface area contributed by atoms with Crippen molar-refractivity contribution in [2.45, 2.75) is 328 Å². The van der Waals surface area contributed by atoms with Crippen LogP contribution < -0.4 is 0 Å². The van der Waals surface area contributed by atoms with Crippen LogP contribution in [0.1, 0.15) is 322 Å². The molecular formula is C63H116O5.